The minimum Gasteiger partial charge on any atom is -0.339 e. The van der Waals surface area contributed by atoms with Gasteiger partial charge in [0.25, 0.3) is 0 Å². The molecule has 0 aliphatic rings. The van der Waals surface area contributed by atoms with Crippen molar-refractivity contribution in [1.29, 1.82) is 0 Å². The molecular formula is C16H16FNO. The van der Waals surface area contributed by atoms with Gasteiger partial charge in [0.05, 0.1) is 5.69 Å². The number of benzene rings is 2. The molecule has 2 aromatic rings. The maximum atomic E-state index is 14.1. The van der Waals surface area contributed by atoms with Gasteiger partial charge in [-0.1, -0.05) is 24.3 Å². The molecule has 2 rings (SSSR count). The minimum absolute atomic E-state index is 0.342. The van der Waals surface area contributed by atoms with Crippen LogP contribution in [0.25, 0.3) is 0 Å². The predicted molar refractivity (Wildman–Crippen MR) is 75.6 cm³/mol. The van der Waals surface area contributed by atoms with Crippen molar-refractivity contribution in [3.63, 3.8) is 0 Å². The monoisotopic (exact) mass is 257 g/mol. The normalized spacial score (nSPS) is 10.3. The minimum atomic E-state index is -0.380. The van der Waals surface area contributed by atoms with Gasteiger partial charge in [0.15, 0.2) is 6.29 Å². The van der Waals surface area contributed by atoms with Crippen LogP contribution in [0.5, 0.6) is 0 Å². The first kappa shape index (κ1) is 13.3. The standard InChI is InChI=1S/C16H16FNO/c1-3-18(15-10-5-4-7-12(15)2)16-13(11-19)8-6-9-14(16)17/h4-11H,3H2,1-2H3. The Balaban J connectivity index is 2.61. The van der Waals surface area contributed by atoms with Crippen LogP contribution in [0, 0.1) is 12.7 Å². The van der Waals surface area contributed by atoms with Crippen molar-refractivity contribution >= 4 is 17.7 Å². The van der Waals surface area contributed by atoms with Crippen molar-refractivity contribution in [2.24, 2.45) is 0 Å². The Morgan fingerprint density at radius 3 is 2.53 bits per heavy atom. The van der Waals surface area contributed by atoms with Crippen LogP contribution >= 0.6 is 0 Å². The van der Waals surface area contributed by atoms with Crippen molar-refractivity contribution in [3.8, 4) is 0 Å². The van der Waals surface area contributed by atoms with Gasteiger partial charge in [0, 0.05) is 17.8 Å². The Morgan fingerprint density at radius 1 is 1.16 bits per heavy atom. The Morgan fingerprint density at radius 2 is 1.89 bits per heavy atom. The zero-order chi connectivity index (χ0) is 13.8. The highest BCUT2D eigenvalue weighted by Crippen LogP contribution is 2.32. The lowest BCUT2D eigenvalue weighted by Gasteiger charge is -2.26. The zero-order valence-electron chi connectivity index (χ0n) is 11.1. The maximum Gasteiger partial charge on any atom is 0.152 e. The van der Waals surface area contributed by atoms with E-state index in [0.717, 1.165) is 11.3 Å². The van der Waals surface area contributed by atoms with E-state index in [1.54, 1.807) is 12.1 Å². The summed E-state index contributed by atoms with van der Waals surface area (Å²) in [4.78, 5) is 13.0. The van der Waals surface area contributed by atoms with Gasteiger partial charge in [0.2, 0.25) is 0 Å². The lowest BCUT2D eigenvalue weighted by molar-refractivity contribution is 0.112. The van der Waals surface area contributed by atoms with E-state index in [0.29, 0.717) is 24.1 Å². The number of carbonyl (C=O) groups excluding carboxylic acids is 1. The number of para-hydroxylation sites is 2. The molecule has 0 saturated heterocycles. The van der Waals surface area contributed by atoms with Gasteiger partial charge >= 0.3 is 0 Å². The van der Waals surface area contributed by atoms with Crippen molar-refractivity contribution in [2.45, 2.75) is 13.8 Å². The molecule has 0 radical (unpaired) electrons. The smallest absolute Gasteiger partial charge is 0.152 e. The summed E-state index contributed by atoms with van der Waals surface area (Å²) < 4.78 is 14.1. The number of aryl methyl sites for hydroxylation is 1. The fourth-order valence-corrected chi connectivity index (χ4v) is 2.23. The molecule has 3 heteroatoms. The molecule has 0 fully saturated rings. The highest BCUT2D eigenvalue weighted by molar-refractivity contribution is 5.87. The average Bonchev–Trinajstić information content (AvgIpc) is 2.43. The van der Waals surface area contributed by atoms with Gasteiger partial charge in [-0.15, -0.1) is 0 Å². The molecule has 0 saturated carbocycles. The SMILES string of the molecule is CCN(c1ccccc1C)c1c(F)cccc1C=O. The van der Waals surface area contributed by atoms with Crippen LogP contribution in [0.15, 0.2) is 42.5 Å². The first-order valence-electron chi connectivity index (χ1n) is 6.26. The molecule has 0 aliphatic carbocycles. The van der Waals surface area contributed by atoms with Gasteiger partial charge in [0.1, 0.15) is 5.82 Å². The summed E-state index contributed by atoms with van der Waals surface area (Å²) in [6.07, 6.45) is 0.694. The quantitative estimate of drug-likeness (QED) is 0.768. The highest BCUT2D eigenvalue weighted by atomic mass is 19.1. The summed E-state index contributed by atoms with van der Waals surface area (Å²) in [5.41, 5.74) is 2.67. The molecule has 0 amide bonds. The number of aldehydes is 1. The Bertz CT molecular complexity index is 595. The van der Waals surface area contributed by atoms with E-state index < -0.39 is 0 Å². The molecule has 0 heterocycles. The third-order valence-electron chi connectivity index (χ3n) is 3.14. The summed E-state index contributed by atoms with van der Waals surface area (Å²) in [5, 5.41) is 0. The summed E-state index contributed by atoms with van der Waals surface area (Å²) in [5.74, 6) is -0.380. The zero-order valence-corrected chi connectivity index (χ0v) is 11.1. The van der Waals surface area contributed by atoms with Crippen LogP contribution in [0.3, 0.4) is 0 Å². The number of carbonyl (C=O) groups is 1. The number of halogens is 1. The maximum absolute atomic E-state index is 14.1. The molecule has 0 N–H and O–H groups in total. The largest absolute Gasteiger partial charge is 0.339 e. The van der Waals surface area contributed by atoms with Gasteiger partial charge in [-0.25, -0.2) is 4.39 Å². The topological polar surface area (TPSA) is 20.3 Å². The second-order valence-corrected chi connectivity index (χ2v) is 4.33. The van der Waals surface area contributed by atoms with Crippen LogP contribution < -0.4 is 4.90 Å². The number of hydrogen-bond acceptors (Lipinski definition) is 2. The second kappa shape index (κ2) is 5.65. The molecule has 2 nitrogen and oxygen atoms in total. The van der Waals surface area contributed by atoms with Crippen molar-refractivity contribution in [3.05, 3.63) is 59.4 Å². The molecule has 0 atom stereocenters. The van der Waals surface area contributed by atoms with Crippen LogP contribution in [0.2, 0.25) is 0 Å². The van der Waals surface area contributed by atoms with E-state index in [1.165, 1.54) is 6.07 Å². The number of anilines is 2. The molecule has 0 aromatic heterocycles. The van der Waals surface area contributed by atoms with Gasteiger partial charge in [-0.2, -0.15) is 0 Å². The van der Waals surface area contributed by atoms with E-state index in [1.807, 2.05) is 43.0 Å². The molecule has 0 spiro atoms. The summed E-state index contributed by atoms with van der Waals surface area (Å²) in [6.45, 7) is 4.50. The molecular weight excluding hydrogens is 241 g/mol. The van der Waals surface area contributed by atoms with E-state index in [-0.39, 0.29) is 5.82 Å². The van der Waals surface area contributed by atoms with E-state index in [4.69, 9.17) is 0 Å². The van der Waals surface area contributed by atoms with Gasteiger partial charge in [-0.05, 0) is 37.6 Å². The summed E-state index contributed by atoms with van der Waals surface area (Å²) in [7, 11) is 0. The van der Waals surface area contributed by atoms with Crippen LogP contribution in [0.1, 0.15) is 22.8 Å². The van der Waals surface area contributed by atoms with Crippen molar-refractivity contribution in [2.75, 3.05) is 11.4 Å². The predicted octanol–water partition coefficient (Wildman–Crippen LogP) is 4.10. The molecule has 98 valence electrons. The van der Waals surface area contributed by atoms with Crippen LogP contribution in [-0.4, -0.2) is 12.8 Å². The average molecular weight is 257 g/mol. The third kappa shape index (κ3) is 2.50. The molecule has 19 heavy (non-hydrogen) atoms. The first-order valence-corrected chi connectivity index (χ1v) is 6.26. The number of nitrogens with zero attached hydrogens (tertiary/aromatic N) is 1. The summed E-state index contributed by atoms with van der Waals surface area (Å²) >= 11 is 0. The van der Waals surface area contributed by atoms with Crippen LogP contribution in [-0.2, 0) is 0 Å². The molecule has 0 bridgehead atoms. The third-order valence-corrected chi connectivity index (χ3v) is 3.14. The van der Waals surface area contributed by atoms with Gasteiger partial charge in [-0.3, -0.25) is 4.79 Å². The lowest BCUT2D eigenvalue weighted by Crippen LogP contribution is -2.20. The van der Waals surface area contributed by atoms with Crippen LogP contribution in [0.4, 0.5) is 15.8 Å². The van der Waals surface area contributed by atoms with Crippen molar-refractivity contribution < 1.29 is 9.18 Å². The molecule has 2 aromatic carbocycles. The fraction of sp³-hybridized carbons (Fsp3) is 0.188. The Hall–Kier alpha value is -2.16. The summed E-state index contributed by atoms with van der Waals surface area (Å²) in [6, 6.07) is 12.3. The highest BCUT2D eigenvalue weighted by Gasteiger charge is 2.17. The molecule has 0 unspecified atom stereocenters. The molecule has 0 aliphatic heterocycles. The Labute approximate surface area is 112 Å². The van der Waals surface area contributed by atoms with E-state index in [9.17, 15) is 9.18 Å². The van der Waals surface area contributed by atoms with Gasteiger partial charge < -0.3 is 4.90 Å². The lowest BCUT2D eigenvalue weighted by atomic mass is 10.1. The number of rotatable bonds is 4. The van der Waals surface area contributed by atoms with Crippen molar-refractivity contribution in [1.82, 2.24) is 0 Å². The first-order chi connectivity index (χ1) is 9.19. The second-order valence-electron chi connectivity index (χ2n) is 4.33. The van der Waals surface area contributed by atoms with E-state index in [2.05, 4.69) is 0 Å². The number of hydrogen-bond donors (Lipinski definition) is 0. The van der Waals surface area contributed by atoms with E-state index >= 15 is 0 Å². The fourth-order valence-electron chi connectivity index (χ4n) is 2.23. The Kier molecular flexibility index (Phi) is 3.95.